The molecule has 0 saturated heterocycles. The zero-order valence-electron chi connectivity index (χ0n) is 13.9. The molecular formula is C17H18F3NO3S. The Hall–Kier alpha value is -1.80. The molecule has 1 aliphatic rings. The summed E-state index contributed by atoms with van der Waals surface area (Å²) in [5.74, 6) is -1.82. The Labute approximate surface area is 147 Å². The highest BCUT2D eigenvalue weighted by Gasteiger charge is 2.45. The number of carbonyl (C=O) groups excluding carboxylic acids is 2. The van der Waals surface area contributed by atoms with E-state index in [9.17, 15) is 22.8 Å². The normalized spacial score (nSPS) is 22.3. The lowest BCUT2D eigenvalue weighted by molar-refractivity contribution is -0.144. The van der Waals surface area contributed by atoms with Gasteiger partial charge in [-0.05, 0) is 31.0 Å². The lowest BCUT2D eigenvalue weighted by Crippen LogP contribution is -2.38. The standard InChI is InChI=1S/C17H18F3NO3S/c1-4-11(15(23)24-3)13-12(14(22)16(2,21)25-13)9-6-5-7-10(8-9)17(18,19)20/h5-8,11H,4,21H2,1-3H3. The molecule has 0 bridgehead atoms. The molecule has 2 N–H and O–H groups in total. The molecule has 0 fully saturated rings. The van der Waals surface area contributed by atoms with Crippen LogP contribution in [0.2, 0.25) is 0 Å². The van der Waals surface area contributed by atoms with Crippen LogP contribution in [0.4, 0.5) is 13.2 Å². The molecule has 0 aliphatic carbocycles. The third-order valence-electron chi connectivity index (χ3n) is 3.94. The predicted octanol–water partition coefficient (Wildman–Crippen LogP) is 3.61. The maximum absolute atomic E-state index is 13.0. The molecule has 25 heavy (non-hydrogen) atoms. The second kappa shape index (κ2) is 6.84. The first kappa shape index (κ1) is 19.5. The monoisotopic (exact) mass is 373 g/mol. The summed E-state index contributed by atoms with van der Waals surface area (Å²) < 4.78 is 43.8. The van der Waals surface area contributed by atoms with Crippen molar-refractivity contribution < 1.29 is 27.5 Å². The highest BCUT2D eigenvalue weighted by molar-refractivity contribution is 8.06. The number of methoxy groups -OCH3 is 1. The molecule has 0 radical (unpaired) electrons. The molecular weight excluding hydrogens is 355 g/mol. The van der Waals surface area contributed by atoms with Gasteiger partial charge >= 0.3 is 12.1 Å². The molecule has 1 aromatic carbocycles. The number of rotatable bonds is 4. The van der Waals surface area contributed by atoms with Gasteiger partial charge in [-0.3, -0.25) is 9.59 Å². The molecule has 0 spiro atoms. The minimum absolute atomic E-state index is 0.0540. The molecule has 2 rings (SSSR count). The average molecular weight is 373 g/mol. The van der Waals surface area contributed by atoms with Gasteiger partial charge in [0.1, 0.15) is 4.87 Å². The van der Waals surface area contributed by atoms with Crippen LogP contribution in [0.15, 0.2) is 29.2 Å². The zero-order chi connectivity index (χ0) is 19.0. The Morgan fingerprint density at radius 1 is 1.40 bits per heavy atom. The van der Waals surface area contributed by atoms with E-state index < -0.39 is 34.3 Å². The van der Waals surface area contributed by atoms with E-state index in [2.05, 4.69) is 0 Å². The van der Waals surface area contributed by atoms with Crippen LogP contribution in [-0.4, -0.2) is 23.7 Å². The van der Waals surface area contributed by atoms with Crippen LogP contribution in [0.1, 0.15) is 31.4 Å². The number of benzene rings is 1. The summed E-state index contributed by atoms with van der Waals surface area (Å²) in [5, 5.41) is 0. The van der Waals surface area contributed by atoms with Gasteiger partial charge in [0.05, 0.1) is 18.6 Å². The third-order valence-corrected chi connectivity index (χ3v) is 5.25. The van der Waals surface area contributed by atoms with Crippen molar-refractivity contribution >= 4 is 29.1 Å². The van der Waals surface area contributed by atoms with Crippen LogP contribution in [0.3, 0.4) is 0 Å². The number of esters is 1. The smallest absolute Gasteiger partial charge is 0.416 e. The number of thioether (sulfide) groups is 1. The summed E-state index contributed by atoms with van der Waals surface area (Å²) >= 11 is 0.994. The van der Waals surface area contributed by atoms with Crippen LogP contribution in [-0.2, 0) is 20.5 Å². The van der Waals surface area contributed by atoms with E-state index >= 15 is 0 Å². The topological polar surface area (TPSA) is 69.4 Å². The first-order valence-electron chi connectivity index (χ1n) is 7.55. The van der Waals surface area contributed by atoms with Gasteiger partial charge in [-0.25, -0.2) is 0 Å². The summed E-state index contributed by atoms with van der Waals surface area (Å²) in [6, 6.07) is 4.47. The van der Waals surface area contributed by atoms with Crippen LogP contribution in [0.25, 0.3) is 5.57 Å². The Morgan fingerprint density at radius 3 is 2.56 bits per heavy atom. The van der Waals surface area contributed by atoms with Gasteiger partial charge in [0.2, 0.25) is 0 Å². The van der Waals surface area contributed by atoms with Crippen molar-refractivity contribution in [2.75, 3.05) is 7.11 Å². The highest BCUT2D eigenvalue weighted by atomic mass is 32.2. The fourth-order valence-electron chi connectivity index (χ4n) is 2.66. The summed E-state index contributed by atoms with van der Waals surface area (Å²) in [6.07, 6.45) is -4.20. The number of carbonyl (C=O) groups is 2. The lowest BCUT2D eigenvalue weighted by Gasteiger charge is -2.18. The Balaban J connectivity index is 2.65. The van der Waals surface area contributed by atoms with E-state index in [1.54, 1.807) is 6.92 Å². The van der Waals surface area contributed by atoms with Crippen molar-refractivity contribution in [1.29, 1.82) is 0 Å². The summed E-state index contributed by atoms with van der Waals surface area (Å²) in [4.78, 5) is 23.7. The van der Waals surface area contributed by atoms with Crippen molar-refractivity contribution in [1.82, 2.24) is 0 Å². The van der Waals surface area contributed by atoms with E-state index in [0.29, 0.717) is 11.3 Å². The Bertz CT molecular complexity index is 741. The minimum atomic E-state index is -4.54. The molecule has 136 valence electrons. The number of hydrogen-bond acceptors (Lipinski definition) is 5. The molecule has 4 nitrogen and oxygen atoms in total. The molecule has 2 atom stereocenters. The first-order chi connectivity index (χ1) is 11.5. The largest absolute Gasteiger partial charge is 0.469 e. The number of ketones is 1. The van der Waals surface area contributed by atoms with Crippen LogP contribution in [0, 0.1) is 5.92 Å². The van der Waals surface area contributed by atoms with Gasteiger partial charge < -0.3 is 10.5 Å². The number of ether oxygens (including phenoxy) is 1. The van der Waals surface area contributed by atoms with Gasteiger partial charge in [-0.2, -0.15) is 13.2 Å². The molecule has 1 aliphatic heterocycles. The molecule has 2 unspecified atom stereocenters. The lowest BCUT2D eigenvalue weighted by atomic mass is 9.92. The van der Waals surface area contributed by atoms with Gasteiger partial charge in [0, 0.05) is 10.5 Å². The molecule has 0 aromatic heterocycles. The SMILES string of the molecule is CCC(C(=O)OC)C1=C(c2cccc(C(F)(F)F)c2)C(=O)C(C)(N)S1. The van der Waals surface area contributed by atoms with E-state index in [1.165, 1.54) is 26.2 Å². The van der Waals surface area contributed by atoms with Crippen molar-refractivity contribution in [3.05, 3.63) is 40.3 Å². The Kier molecular flexibility index (Phi) is 5.34. The van der Waals surface area contributed by atoms with Crippen molar-refractivity contribution in [2.24, 2.45) is 11.7 Å². The molecule has 1 heterocycles. The minimum Gasteiger partial charge on any atom is -0.469 e. The fraction of sp³-hybridized carbons (Fsp3) is 0.412. The number of nitrogens with two attached hydrogens (primary N) is 1. The Morgan fingerprint density at radius 2 is 2.04 bits per heavy atom. The maximum atomic E-state index is 13.0. The summed E-state index contributed by atoms with van der Waals surface area (Å²) in [6.45, 7) is 3.21. The van der Waals surface area contributed by atoms with E-state index in [0.717, 1.165) is 23.9 Å². The van der Waals surface area contributed by atoms with Gasteiger partial charge in [-0.15, -0.1) is 0 Å². The molecule has 1 aromatic rings. The second-order valence-electron chi connectivity index (χ2n) is 5.84. The first-order valence-corrected chi connectivity index (χ1v) is 8.37. The van der Waals surface area contributed by atoms with Gasteiger partial charge in [0.15, 0.2) is 5.78 Å². The average Bonchev–Trinajstić information content (AvgIpc) is 2.77. The van der Waals surface area contributed by atoms with Crippen LogP contribution < -0.4 is 5.73 Å². The zero-order valence-corrected chi connectivity index (χ0v) is 14.8. The quantitative estimate of drug-likeness (QED) is 0.817. The number of hydrogen-bond donors (Lipinski definition) is 1. The van der Waals surface area contributed by atoms with E-state index in [-0.39, 0.29) is 11.1 Å². The number of alkyl halides is 3. The third kappa shape index (κ3) is 3.74. The molecule has 8 heteroatoms. The van der Waals surface area contributed by atoms with Gasteiger partial charge in [0.25, 0.3) is 0 Å². The maximum Gasteiger partial charge on any atom is 0.416 e. The summed E-state index contributed by atoms with van der Waals surface area (Å²) in [7, 11) is 1.22. The van der Waals surface area contributed by atoms with Crippen molar-refractivity contribution in [3.63, 3.8) is 0 Å². The fourth-order valence-corrected chi connectivity index (χ4v) is 4.03. The predicted molar refractivity (Wildman–Crippen MR) is 89.4 cm³/mol. The second-order valence-corrected chi connectivity index (χ2v) is 7.33. The molecule has 0 amide bonds. The summed E-state index contributed by atoms with van der Waals surface area (Å²) in [5.41, 5.74) is 5.28. The van der Waals surface area contributed by atoms with E-state index in [1.807, 2.05) is 0 Å². The number of halogens is 3. The van der Waals surface area contributed by atoms with Crippen LogP contribution in [0.5, 0.6) is 0 Å². The van der Waals surface area contributed by atoms with Crippen molar-refractivity contribution in [2.45, 2.75) is 31.3 Å². The number of Topliss-reactive ketones (excluding diaryl/α,β-unsaturated/α-hetero) is 1. The van der Waals surface area contributed by atoms with E-state index in [4.69, 9.17) is 10.5 Å². The van der Waals surface area contributed by atoms with Gasteiger partial charge in [-0.1, -0.05) is 30.8 Å². The highest BCUT2D eigenvalue weighted by Crippen LogP contribution is 2.49. The van der Waals surface area contributed by atoms with Crippen LogP contribution >= 0.6 is 11.8 Å². The molecule has 0 saturated carbocycles. The van der Waals surface area contributed by atoms with Crippen molar-refractivity contribution in [3.8, 4) is 0 Å².